The van der Waals surface area contributed by atoms with Crippen molar-refractivity contribution in [2.75, 3.05) is 0 Å². The van der Waals surface area contributed by atoms with E-state index in [9.17, 15) is 0 Å². The van der Waals surface area contributed by atoms with Crippen LogP contribution in [-0.4, -0.2) is 0 Å². The maximum Gasteiger partial charge on any atom is -0.0225 e. The van der Waals surface area contributed by atoms with E-state index in [0.29, 0.717) is 0 Å². The van der Waals surface area contributed by atoms with E-state index < -0.39 is 0 Å². The summed E-state index contributed by atoms with van der Waals surface area (Å²) in [5.74, 6) is 0. The number of allylic oxidation sites excluding steroid dienone is 4. The standard InChI is InChI=1S/C14H18/c1-5-6-12(3)13(4)14-9-7-11(2)8-10-14/h5-10H,1-4H3/b6-5-,13-12-. The zero-order chi connectivity index (χ0) is 10.6. The summed E-state index contributed by atoms with van der Waals surface area (Å²) in [6.45, 7) is 8.47. The van der Waals surface area contributed by atoms with Crippen molar-refractivity contribution in [3.63, 3.8) is 0 Å². The van der Waals surface area contributed by atoms with E-state index in [2.05, 4.69) is 57.2 Å². The molecule has 0 saturated carbocycles. The van der Waals surface area contributed by atoms with Crippen LogP contribution in [0.25, 0.3) is 5.57 Å². The summed E-state index contributed by atoms with van der Waals surface area (Å²) in [7, 11) is 0. The van der Waals surface area contributed by atoms with Gasteiger partial charge in [-0.15, -0.1) is 0 Å². The van der Waals surface area contributed by atoms with Gasteiger partial charge in [0.05, 0.1) is 0 Å². The first-order valence-corrected chi connectivity index (χ1v) is 5.02. The molecule has 0 bridgehead atoms. The van der Waals surface area contributed by atoms with Crippen molar-refractivity contribution in [2.24, 2.45) is 0 Å². The summed E-state index contributed by atoms with van der Waals surface area (Å²) in [4.78, 5) is 0. The Morgan fingerprint density at radius 1 is 1.07 bits per heavy atom. The molecule has 0 heteroatoms. The summed E-state index contributed by atoms with van der Waals surface area (Å²) in [5.41, 5.74) is 5.30. The number of benzene rings is 1. The molecule has 0 unspecified atom stereocenters. The number of hydrogen-bond donors (Lipinski definition) is 0. The third-order valence-electron chi connectivity index (χ3n) is 2.49. The first kappa shape index (κ1) is 10.8. The van der Waals surface area contributed by atoms with Crippen LogP contribution in [0.2, 0.25) is 0 Å². The molecule has 0 aliphatic rings. The molecule has 0 radical (unpaired) electrons. The van der Waals surface area contributed by atoms with Crippen molar-refractivity contribution in [3.05, 3.63) is 53.1 Å². The van der Waals surface area contributed by atoms with Gasteiger partial charge >= 0.3 is 0 Å². The SMILES string of the molecule is C/C=C\C(C)=C(\C)c1ccc(C)cc1. The van der Waals surface area contributed by atoms with Crippen LogP contribution >= 0.6 is 0 Å². The Balaban J connectivity index is 3.05. The zero-order valence-electron chi connectivity index (χ0n) is 9.46. The van der Waals surface area contributed by atoms with Crippen molar-refractivity contribution in [3.8, 4) is 0 Å². The highest BCUT2D eigenvalue weighted by atomic mass is 14.0. The molecule has 0 atom stereocenters. The smallest absolute Gasteiger partial charge is 0.0225 e. The van der Waals surface area contributed by atoms with Crippen LogP contribution in [0.3, 0.4) is 0 Å². The predicted molar refractivity (Wildman–Crippen MR) is 64.3 cm³/mol. The van der Waals surface area contributed by atoms with Crippen LogP contribution in [0.1, 0.15) is 31.9 Å². The molecule has 1 aromatic rings. The van der Waals surface area contributed by atoms with Gasteiger partial charge in [-0.05, 0) is 44.4 Å². The van der Waals surface area contributed by atoms with Crippen LogP contribution in [0.4, 0.5) is 0 Å². The summed E-state index contributed by atoms with van der Waals surface area (Å²) < 4.78 is 0. The average Bonchev–Trinajstić information content (AvgIpc) is 2.18. The molecule has 14 heavy (non-hydrogen) atoms. The third kappa shape index (κ3) is 2.59. The Kier molecular flexibility index (Phi) is 3.70. The van der Waals surface area contributed by atoms with Crippen LogP contribution < -0.4 is 0 Å². The second-order valence-corrected chi connectivity index (χ2v) is 3.67. The van der Waals surface area contributed by atoms with Crippen molar-refractivity contribution in [1.29, 1.82) is 0 Å². The lowest BCUT2D eigenvalue weighted by Gasteiger charge is -2.04. The maximum atomic E-state index is 2.18. The largest absolute Gasteiger partial charge is 0.0874 e. The van der Waals surface area contributed by atoms with Gasteiger partial charge in [-0.2, -0.15) is 0 Å². The van der Waals surface area contributed by atoms with Crippen LogP contribution in [0.5, 0.6) is 0 Å². The second-order valence-electron chi connectivity index (χ2n) is 3.67. The lowest BCUT2D eigenvalue weighted by Crippen LogP contribution is -1.83. The Bertz CT molecular complexity index is 350. The van der Waals surface area contributed by atoms with Gasteiger partial charge in [0.1, 0.15) is 0 Å². The highest BCUT2D eigenvalue weighted by molar-refractivity contribution is 5.68. The molecule has 1 aromatic carbocycles. The molecule has 0 spiro atoms. The van der Waals surface area contributed by atoms with E-state index in [4.69, 9.17) is 0 Å². The number of aryl methyl sites for hydroxylation is 1. The quantitative estimate of drug-likeness (QED) is 0.602. The molecule has 0 N–H and O–H groups in total. The van der Waals surface area contributed by atoms with Crippen molar-refractivity contribution in [2.45, 2.75) is 27.7 Å². The van der Waals surface area contributed by atoms with E-state index in [-0.39, 0.29) is 0 Å². The van der Waals surface area contributed by atoms with Gasteiger partial charge in [-0.3, -0.25) is 0 Å². The van der Waals surface area contributed by atoms with Gasteiger partial charge < -0.3 is 0 Å². The molecule has 0 heterocycles. The van der Waals surface area contributed by atoms with Crippen molar-refractivity contribution in [1.82, 2.24) is 0 Å². The van der Waals surface area contributed by atoms with Gasteiger partial charge in [0, 0.05) is 0 Å². The monoisotopic (exact) mass is 186 g/mol. The van der Waals surface area contributed by atoms with Crippen molar-refractivity contribution < 1.29 is 0 Å². The van der Waals surface area contributed by atoms with Crippen LogP contribution in [-0.2, 0) is 0 Å². The number of rotatable bonds is 2. The fourth-order valence-electron chi connectivity index (χ4n) is 1.41. The van der Waals surface area contributed by atoms with E-state index >= 15 is 0 Å². The predicted octanol–water partition coefficient (Wildman–Crippen LogP) is 4.36. The summed E-state index contributed by atoms with van der Waals surface area (Å²) in [6, 6.07) is 8.67. The third-order valence-corrected chi connectivity index (χ3v) is 2.49. The topological polar surface area (TPSA) is 0 Å². The Morgan fingerprint density at radius 2 is 1.64 bits per heavy atom. The molecule has 0 aromatic heterocycles. The first-order valence-electron chi connectivity index (χ1n) is 5.02. The van der Waals surface area contributed by atoms with Gasteiger partial charge in [0.15, 0.2) is 0 Å². The molecule has 0 aliphatic heterocycles. The Hall–Kier alpha value is -1.30. The van der Waals surface area contributed by atoms with E-state index in [1.807, 2.05) is 6.92 Å². The Labute approximate surface area is 87.0 Å². The van der Waals surface area contributed by atoms with Crippen LogP contribution in [0.15, 0.2) is 42.0 Å². The zero-order valence-corrected chi connectivity index (χ0v) is 9.46. The molecule has 0 nitrogen and oxygen atoms in total. The molecule has 0 amide bonds. The molecule has 0 fully saturated rings. The molecule has 1 rings (SSSR count). The normalized spacial score (nSPS) is 13.1. The van der Waals surface area contributed by atoms with E-state index in [1.165, 1.54) is 22.3 Å². The lowest BCUT2D eigenvalue weighted by molar-refractivity contribution is 1.41. The summed E-state index contributed by atoms with van der Waals surface area (Å²) in [6.07, 6.45) is 4.22. The van der Waals surface area contributed by atoms with Gasteiger partial charge in [0.2, 0.25) is 0 Å². The fourth-order valence-corrected chi connectivity index (χ4v) is 1.41. The summed E-state index contributed by atoms with van der Waals surface area (Å²) >= 11 is 0. The first-order chi connectivity index (χ1) is 6.65. The van der Waals surface area contributed by atoms with Crippen molar-refractivity contribution >= 4 is 5.57 Å². The highest BCUT2D eigenvalue weighted by Crippen LogP contribution is 2.19. The second kappa shape index (κ2) is 4.80. The molecular formula is C14H18. The molecule has 0 saturated heterocycles. The molecule has 0 aliphatic carbocycles. The molecule has 74 valence electrons. The average molecular weight is 186 g/mol. The van der Waals surface area contributed by atoms with Gasteiger partial charge in [-0.25, -0.2) is 0 Å². The lowest BCUT2D eigenvalue weighted by atomic mass is 10.0. The van der Waals surface area contributed by atoms with Gasteiger partial charge in [0.25, 0.3) is 0 Å². The minimum Gasteiger partial charge on any atom is -0.0874 e. The van der Waals surface area contributed by atoms with Crippen LogP contribution in [0, 0.1) is 6.92 Å². The fraction of sp³-hybridized carbons (Fsp3) is 0.286. The molecular weight excluding hydrogens is 168 g/mol. The minimum absolute atomic E-state index is 1.31. The summed E-state index contributed by atoms with van der Waals surface area (Å²) in [5, 5.41) is 0. The van der Waals surface area contributed by atoms with Gasteiger partial charge in [-0.1, -0.05) is 42.0 Å². The number of hydrogen-bond acceptors (Lipinski definition) is 0. The Morgan fingerprint density at radius 3 is 2.14 bits per heavy atom. The highest BCUT2D eigenvalue weighted by Gasteiger charge is 1.97. The minimum atomic E-state index is 1.31. The van der Waals surface area contributed by atoms with E-state index in [0.717, 1.165) is 0 Å². The van der Waals surface area contributed by atoms with E-state index in [1.54, 1.807) is 0 Å². The maximum absolute atomic E-state index is 2.18.